The number of hydrogen-bond acceptors (Lipinski definition) is 12. The van der Waals surface area contributed by atoms with E-state index in [1.54, 1.807) is 47.2 Å². The number of ether oxygens (including phenoxy) is 3. The van der Waals surface area contributed by atoms with Gasteiger partial charge in [0.05, 0.1) is 12.0 Å². The average molecular weight is 753 g/mol. The molecule has 51 heavy (non-hydrogen) atoms. The molecule has 20 heteroatoms. The quantitative estimate of drug-likeness (QED) is 0.135. The van der Waals surface area contributed by atoms with E-state index in [0.717, 1.165) is 6.07 Å². The largest absolute Gasteiger partial charge is 0.479 e. The van der Waals surface area contributed by atoms with Crippen LogP contribution in [0.1, 0.15) is 24.7 Å². The first-order valence-corrected chi connectivity index (χ1v) is 16.4. The number of methoxy groups -OCH3 is 1. The minimum absolute atomic E-state index is 0.0715. The number of anilines is 1. The topological polar surface area (TPSA) is 205 Å². The third-order valence-corrected chi connectivity index (χ3v) is 7.99. The summed E-state index contributed by atoms with van der Waals surface area (Å²) in [5.41, 5.74) is 1.10. The lowest BCUT2D eigenvalue weighted by Crippen LogP contribution is -2.35. The SMILES string of the molecule is CC(Oc1ccc(Oc2nc3ccc(Cl)cc3o2)cc1)C(=O)O.COc1nc(C)nc(NC(=O)NS(=O)(=O)c2ccccc2CCC(F)(F)F)n1. The van der Waals surface area contributed by atoms with Gasteiger partial charge in [-0.05, 0) is 68.3 Å². The highest BCUT2D eigenvalue weighted by Crippen LogP contribution is 2.29. The third kappa shape index (κ3) is 11.4. The zero-order valence-electron chi connectivity index (χ0n) is 26.8. The number of oxazole rings is 1. The maximum absolute atomic E-state index is 12.5. The van der Waals surface area contributed by atoms with E-state index in [4.69, 9.17) is 35.3 Å². The second-order valence-corrected chi connectivity index (χ2v) is 12.3. The zero-order chi connectivity index (χ0) is 37.3. The Bertz CT molecular complexity index is 2120. The number of carbonyl (C=O) groups excluding carboxylic acids is 1. The van der Waals surface area contributed by atoms with Crippen molar-refractivity contribution in [1.82, 2.24) is 24.7 Å². The van der Waals surface area contributed by atoms with E-state index in [-0.39, 0.29) is 29.4 Å². The van der Waals surface area contributed by atoms with Gasteiger partial charge >= 0.3 is 30.3 Å². The van der Waals surface area contributed by atoms with Gasteiger partial charge in [0.2, 0.25) is 5.95 Å². The molecule has 0 aliphatic heterocycles. The Morgan fingerprint density at radius 3 is 2.35 bits per heavy atom. The van der Waals surface area contributed by atoms with Gasteiger partial charge in [-0.2, -0.15) is 33.1 Å². The van der Waals surface area contributed by atoms with Gasteiger partial charge in [-0.1, -0.05) is 29.8 Å². The van der Waals surface area contributed by atoms with Crippen LogP contribution in [0.2, 0.25) is 5.02 Å². The van der Waals surface area contributed by atoms with E-state index in [9.17, 15) is 31.2 Å². The van der Waals surface area contributed by atoms with Gasteiger partial charge in [-0.15, -0.1) is 0 Å². The predicted molar refractivity (Wildman–Crippen MR) is 175 cm³/mol. The number of carboxylic acid groups (broad SMARTS) is 1. The Kier molecular flexibility index (Phi) is 12.2. The summed E-state index contributed by atoms with van der Waals surface area (Å²) in [6.07, 6.45) is -7.03. The van der Waals surface area contributed by atoms with Crippen molar-refractivity contribution in [3.05, 3.63) is 83.1 Å². The zero-order valence-corrected chi connectivity index (χ0v) is 28.3. The first-order valence-electron chi connectivity index (χ1n) is 14.5. The van der Waals surface area contributed by atoms with Crippen LogP contribution >= 0.6 is 11.6 Å². The molecule has 1 unspecified atom stereocenters. The summed E-state index contributed by atoms with van der Waals surface area (Å²) < 4.78 is 85.0. The highest BCUT2D eigenvalue weighted by Gasteiger charge is 2.29. The summed E-state index contributed by atoms with van der Waals surface area (Å²) >= 11 is 5.88. The van der Waals surface area contributed by atoms with Crippen LogP contribution < -0.4 is 24.2 Å². The number of nitrogens with zero attached hydrogens (tertiary/aromatic N) is 4. The van der Waals surface area contributed by atoms with Crippen molar-refractivity contribution in [2.24, 2.45) is 0 Å². The number of carboxylic acids is 1. The first-order chi connectivity index (χ1) is 24.0. The predicted octanol–water partition coefficient (Wildman–Crippen LogP) is 6.32. The summed E-state index contributed by atoms with van der Waals surface area (Å²) in [6, 6.07) is 15.4. The molecule has 0 aliphatic rings. The van der Waals surface area contributed by atoms with E-state index in [1.807, 2.05) is 0 Å². The molecular formula is C31H28ClF3N6O9S. The van der Waals surface area contributed by atoms with Crippen LogP contribution in [0.3, 0.4) is 0 Å². The molecule has 3 N–H and O–H groups in total. The maximum atomic E-state index is 12.5. The number of benzene rings is 3. The molecule has 0 bridgehead atoms. The number of aliphatic carboxylic acids is 1. The summed E-state index contributed by atoms with van der Waals surface area (Å²) in [5.74, 6) is -0.171. The number of amides is 2. The number of hydrogen-bond donors (Lipinski definition) is 3. The van der Waals surface area contributed by atoms with Crippen molar-refractivity contribution < 1.29 is 54.9 Å². The van der Waals surface area contributed by atoms with Crippen molar-refractivity contribution in [2.75, 3.05) is 12.4 Å². The Hall–Kier alpha value is -5.69. The normalized spacial score (nSPS) is 11.9. The Morgan fingerprint density at radius 1 is 1.00 bits per heavy atom. The van der Waals surface area contributed by atoms with Crippen molar-refractivity contribution >= 4 is 50.7 Å². The molecule has 2 amide bonds. The number of halogens is 4. The molecule has 0 aliphatic carbocycles. The van der Waals surface area contributed by atoms with E-state index >= 15 is 0 Å². The van der Waals surface area contributed by atoms with Crippen LogP contribution in [0.15, 0.2) is 76.0 Å². The van der Waals surface area contributed by atoms with Gasteiger partial charge in [-0.3, -0.25) is 5.32 Å². The molecule has 0 saturated carbocycles. The van der Waals surface area contributed by atoms with Crippen LogP contribution in [-0.4, -0.2) is 64.9 Å². The van der Waals surface area contributed by atoms with Crippen LogP contribution in [0.5, 0.6) is 23.6 Å². The lowest BCUT2D eigenvalue weighted by molar-refractivity contribution is -0.144. The summed E-state index contributed by atoms with van der Waals surface area (Å²) in [5, 5.41) is 11.5. The molecule has 3 aromatic carbocycles. The molecule has 270 valence electrons. The molecule has 15 nitrogen and oxygen atoms in total. The summed E-state index contributed by atoms with van der Waals surface area (Å²) in [6.45, 7) is 2.96. The summed E-state index contributed by atoms with van der Waals surface area (Å²) in [7, 11) is -3.14. The lowest BCUT2D eigenvalue weighted by Gasteiger charge is -2.13. The molecule has 5 rings (SSSR count). The van der Waals surface area contributed by atoms with Crippen molar-refractivity contribution in [3.63, 3.8) is 0 Å². The van der Waals surface area contributed by atoms with E-state index < -0.39 is 52.0 Å². The number of urea groups is 1. The number of aryl methyl sites for hydroxylation is 2. The molecule has 0 saturated heterocycles. The molecule has 5 aromatic rings. The van der Waals surface area contributed by atoms with Crippen LogP contribution in [-0.2, 0) is 21.2 Å². The molecule has 1 atom stereocenters. The van der Waals surface area contributed by atoms with Crippen LogP contribution in [0.4, 0.5) is 23.9 Å². The van der Waals surface area contributed by atoms with Crippen molar-refractivity contribution in [1.29, 1.82) is 0 Å². The number of nitrogens with one attached hydrogen (secondary N) is 2. The highest BCUT2D eigenvalue weighted by atomic mass is 35.5. The average Bonchev–Trinajstić information content (AvgIpc) is 3.45. The Labute approximate surface area is 292 Å². The summed E-state index contributed by atoms with van der Waals surface area (Å²) in [4.78, 5) is 37.9. The van der Waals surface area contributed by atoms with Gasteiger partial charge < -0.3 is 23.7 Å². The smallest absolute Gasteiger partial charge is 0.400 e. The van der Waals surface area contributed by atoms with Crippen LogP contribution in [0.25, 0.3) is 11.1 Å². The fraction of sp³-hybridized carbons (Fsp3) is 0.226. The molecular weight excluding hydrogens is 725 g/mol. The molecule has 0 radical (unpaired) electrons. The number of aromatic nitrogens is 4. The Morgan fingerprint density at radius 2 is 1.69 bits per heavy atom. The number of carbonyl (C=O) groups is 2. The van der Waals surface area contributed by atoms with Crippen molar-refractivity contribution in [2.45, 2.75) is 43.9 Å². The lowest BCUT2D eigenvalue weighted by atomic mass is 10.1. The second kappa shape index (κ2) is 16.3. The number of rotatable bonds is 11. The maximum Gasteiger partial charge on any atom is 0.400 e. The van der Waals surface area contributed by atoms with Gasteiger partial charge in [0.15, 0.2) is 11.7 Å². The number of sulfonamides is 1. The second-order valence-electron chi connectivity index (χ2n) is 10.2. The van der Waals surface area contributed by atoms with Gasteiger partial charge in [0.1, 0.15) is 22.8 Å². The third-order valence-electron chi connectivity index (χ3n) is 6.32. The highest BCUT2D eigenvalue weighted by molar-refractivity contribution is 7.90. The van der Waals surface area contributed by atoms with Gasteiger partial charge in [0, 0.05) is 17.5 Å². The van der Waals surface area contributed by atoms with Gasteiger partial charge in [-0.25, -0.2) is 22.7 Å². The molecule has 0 spiro atoms. The van der Waals surface area contributed by atoms with E-state index in [2.05, 4.69) is 25.3 Å². The minimum atomic E-state index is -4.45. The fourth-order valence-corrected chi connectivity index (χ4v) is 5.36. The standard InChI is InChI=1S/C16H12ClNO5.C15H16F3N5O4S/c1-9(15(19)20)21-11-3-5-12(6-4-11)22-16-18-13-7-2-10(17)8-14(13)23-16;1-9-19-12(22-14(20-9)27-2)21-13(24)23-28(25,26)11-6-4-3-5-10(11)7-8-15(16,17)18/h2-9H,1H3,(H,19,20);3-6H,7-8H2,1-2H3,(H2,19,20,21,22,23,24). The fourth-order valence-electron chi connectivity index (χ4n) is 4.02. The molecule has 2 heterocycles. The molecule has 0 fully saturated rings. The van der Waals surface area contributed by atoms with Gasteiger partial charge in [0.25, 0.3) is 10.0 Å². The first kappa shape index (κ1) is 38.1. The van der Waals surface area contributed by atoms with Crippen molar-refractivity contribution in [3.8, 4) is 23.6 Å². The molecule has 2 aromatic heterocycles. The Balaban J connectivity index is 0.000000233. The monoisotopic (exact) mass is 752 g/mol. The minimum Gasteiger partial charge on any atom is -0.479 e. The number of fused-ring (bicyclic) bond motifs is 1. The number of alkyl halides is 3. The van der Waals surface area contributed by atoms with E-state index in [1.165, 1.54) is 39.2 Å². The van der Waals surface area contributed by atoms with E-state index in [0.29, 0.717) is 27.6 Å². The van der Waals surface area contributed by atoms with Crippen LogP contribution in [0, 0.1) is 6.92 Å².